The van der Waals surface area contributed by atoms with Gasteiger partial charge in [-0.15, -0.1) is 0 Å². The molecule has 3 nitrogen and oxygen atoms in total. The second-order valence-electron chi connectivity index (χ2n) is 4.86. The smallest absolute Gasteiger partial charge is 0.334 e. The van der Waals surface area contributed by atoms with E-state index in [4.69, 9.17) is 4.74 Å². The van der Waals surface area contributed by atoms with Crippen molar-refractivity contribution < 1.29 is 14.3 Å². The van der Waals surface area contributed by atoms with E-state index in [1.807, 2.05) is 37.3 Å². The lowest BCUT2D eigenvalue weighted by molar-refractivity contribution is -0.138. The van der Waals surface area contributed by atoms with Crippen LogP contribution in [-0.2, 0) is 14.3 Å². The summed E-state index contributed by atoms with van der Waals surface area (Å²) < 4.78 is 6.05. The lowest BCUT2D eigenvalue weighted by Crippen LogP contribution is -2.18. The lowest BCUT2D eigenvalue weighted by atomic mass is 9.86. The van der Waals surface area contributed by atoms with E-state index in [1.165, 1.54) is 0 Å². The van der Waals surface area contributed by atoms with Gasteiger partial charge in [-0.2, -0.15) is 0 Å². The Morgan fingerprint density at radius 1 is 1.29 bits per heavy atom. The average Bonchev–Trinajstić information content (AvgIpc) is 2.45. The molecular formula is C17H17BrO3. The Bertz CT molecular complexity index is 624. The van der Waals surface area contributed by atoms with Crippen LogP contribution in [0.5, 0.6) is 0 Å². The molecule has 0 atom stereocenters. The van der Waals surface area contributed by atoms with Gasteiger partial charge >= 0.3 is 5.97 Å². The molecule has 0 saturated heterocycles. The molecule has 0 radical (unpaired) electrons. The fourth-order valence-electron chi connectivity index (χ4n) is 2.32. The first-order valence-corrected chi connectivity index (χ1v) is 7.70. The number of ether oxygens (including phenoxy) is 1. The average molecular weight is 349 g/mol. The van der Waals surface area contributed by atoms with E-state index in [0.717, 1.165) is 15.6 Å². The number of halogens is 1. The molecule has 0 spiro atoms. The number of carbonyl (C=O) groups is 2. The summed E-state index contributed by atoms with van der Waals surface area (Å²) in [5.74, 6) is -0.243. The molecule has 110 valence electrons. The van der Waals surface area contributed by atoms with E-state index >= 15 is 0 Å². The van der Waals surface area contributed by atoms with Gasteiger partial charge in [-0.25, -0.2) is 4.79 Å². The second-order valence-corrected chi connectivity index (χ2v) is 5.77. The van der Waals surface area contributed by atoms with Crippen LogP contribution in [0.15, 0.2) is 45.5 Å². The van der Waals surface area contributed by atoms with Crippen molar-refractivity contribution in [3.8, 4) is 0 Å². The largest absolute Gasteiger partial charge is 0.463 e. The van der Waals surface area contributed by atoms with Crippen LogP contribution in [0.25, 0.3) is 6.08 Å². The molecule has 0 bridgehead atoms. The fourth-order valence-corrected chi connectivity index (χ4v) is 2.58. The van der Waals surface area contributed by atoms with Gasteiger partial charge in [0.15, 0.2) is 5.78 Å². The molecule has 1 aliphatic carbocycles. The third-order valence-electron chi connectivity index (χ3n) is 3.46. The van der Waals surface area contributed by atoms with Crippen LogP contribution in [0.4, 0.5) is 0 Å². The van der Waals surface area contributed by atoms with Crippen LogP contribution in [0.2, 0.25) is 0 Å². The minimum atomic E-state index is -0.316. The standard InChI is InChI=1S/C17H17BrO3/c1-3-21-17(20)14-8-9-16(19)15(11(14)2)10-12-4-6-13(18)7-5-12/h4-7,10H,3,8-9H2,1-2H3/b15-10+. The lowest BCUT2D eigenvalue weighted by Gasteiger charge is -2.18. The summed E-state index contributed by atoms with van der Waals surface area (Å²) in [5, 5.41) is 0. The van der Waals surface area contributed by atoms with Gasteiger partial charge in [-0.05, 0) is 49.6 Å². The zero-order chi connectivity index (χ0) is 15.4. The van der Waals surface area contributed by atoms with Crippen LogP contribution < -0.4 is 0 Å². The molecule has 0 heterocycles. The van der Waals surface area contributed by atoms with Crippen molar-refractivity contribution in [1.82, 2.24) is 0 Å². The number of hydrogen-bond acceptors (Lipinski definition) is 3. The first-order valence-electron chi connectivity index (χ1n) is 6.90. The van der Waals surface area contributed by atoms with Crippen molar-refractivity contribution in [3.05, 3.63) is 51.0 Å². The topological polar surface area (TPSA) is 43.4 Å². The molecule has 0 aromatic heterocycles. The predicted octanol–water partition coefficient (Wildman–Crippen LogP) is 4.08. The molecule has 0 fully saturated rings. The Morgan fingerprint density at radius 3 is 2.57 bits per heavy atom. The van der Waals surface area contributed by atoms with Gasteiger partial charge < -0.3 is 4.74 Å². The molecule has 0 amide bonds. The van der Waals surface area contributed by atoms with E-state index in [0.29, 0.717) is 30.6 Å². The van der Waals surface area contributed by atoms with E-state index < -0.39 is 0 Å². The highest BCUT2D eigenvalue weighted by Gasteiger charge is 2.25. The molecule has 2 rings (SSSR count). The quantitative estimate of drug-likeness (QED) is 0.610. The molecule has 1 aromatic carbocycles. The monoisotopic (exact) mass is 348 g/mol. The van der Waals surface area contributed by atoms with Gasteiger partial charge in [0.25, 0.3) is 0 Å². The van der Waals surface area contributed by atoms with Crippen molar-refractivity contribution in [1.29, 1.82) is 0 Å². The van der Waals surface area contributed by atoms with E-state index in [-0.39, 0.29) is 11.8 Å². The fraction of sp³-hybridized carbons (Fsp3) is 0.294. The van der Waals surface area contributed by atoms with Gasteiger partial charge in [0, 0.05) is 22.0 Å². The number of rotatable bonds is 3. The molecule has 1 aliphatic rings. The highest BCUT2D eigenvalue weighted by Crippen LogP contribution is 2.29. The summed E-state index contributed by atoms with van der Waals surface area (Å²) in [6.07, 6.45) is 2.65. The molecule has 21 heavy (non-hydrogen) atoms. The van der Waals surface area contributed by atoms with Crippen LogP contribution in [0.3, 0.4) is 0 Å². The first kappa shape index (κ1) is 15.7. The van der Waals surface area contributed by atoms with E-state index in [9.17, 15) is 9.59 Å². The Morgan fingerprint density at radius 2 is 1.95 bits per heavy atom. The van der Waals surface area contributed by atoms with Crippen molar-refractivity contribution in [2.45, 2.75) is 26.7 Å². The van der Waals surface area contributed by atoms with Crippen molar-refractivity contribution >= 4 is 33.8 Å². The number of Topliss-reactive ketones (excluding diaryl/α,β-unsaturated/α-hetero) is 1. The Kier molecular flexibility index (Phi) is 5.12. The predicted molar refractivity (Wildman–Crippen MR) is 85.7 cm³/mol. The molecule has 0 N–H and O–H groups in total. The molecule has 0 saturated carbocycles. The molecule has 1 aromatic rings. The third-order valence-corrected chi connectivity index (χ3v) is 3.99. The zero-order valence-electron chi connectivity index (χ0n) is 12.1. The summed E-state index contributed by atoms with van der Waals surface area (Å²) in [7, 11) is 0. The van der Waals surface area contributed by atoms with E-state index in [1.54, 1.807) is 6.92 Å². The highest BCUT2D eigenvalue weighted by atomic mass is 79.9. The van der Waals surface area contributed by atoms with Crippen LogP contribution >= 0.6 is 15.9 Å². The Balaban J connectivity index is 2.39. The first-order chi connectivity index (χ1) is 10.0. The maximum Gasteiger partial charge on any atom is 0.334 e. The van der Waals surface area contributed by atoms with Crippen molar-refractivity contribution in [2.75, 3.05) is 6.61 Å². The maximum absolute atomic E-state index is 12.1. The Labute approximate surface area is 132 Å². The number of carbonyl (C=O) groups excluding carboxylic acids is 2. The summed E-state index contributed by atoms with van der Waals surface area (Å²) in [5.41, 5.74) is 2.88. The SMILES string of the molecule is CCOC(=O)C1=C(C)/C(=C\c2ccc(Br)cc2)C(=O)CC1. The zero-order valence-corrected chi connectivity index (χ0v) is 13.7. The number of allylic oxidation sites excluding steroid dienone is 2. The number of ketones is 1. The summed E-state index contributed by atoms with van der Waals surface area (Å²) in [6.45, 7) is 3.93. The second kappa shape index (κ2) is 6.85. The summed E-state index contributed by atoms with van der Waals surface area (Å²) >= 11 is 3.38. The number of benzene rings is 1. The molecule has 4 heteroatoms. The van der Waals surface area contributed by atoms with Crippen LogP contribution in [0.1, 0.15) is 32.3 Å². The maximum atomic E-state index is 12.1. The molecule has 0 aliphatic heterocycles. The summed E-state index contributed by atoms with van der Waals surface area (Å²) in [6, 6.07) is 7.70. The van der Waals surface area contributed by atoms with Gasteiger partial charge in [-0.1, -0.05) is 28.1 Å². The minimum Gasteiger partial charge on any atom is -0.463 e. The van der Waals surface area contributed by atoms with Gasteiger partial charge in [-0.3, -0.25) is 4.79 Å². The Hall–Kier alpha value is -1.68. The molecular weight excluding hydrogens is 332 g/mol. The van der Waals surface area contributed by atoms with Crippen molar-refractivity contribution in [3.63, 3.8) is 0 Å². The van der Waals surface area contributed by atoms with Gasteiger partial charge in [0.2, 0.25) is 0 Å². The number of hydrogen-bond donors (Lipinski definition) is 0. The highest BCUT2D eigenvalue weighted by molar-refractivity contribution is 9.10. The minimum absolute atomic E-state index is 0.0727. The normalized spacial score (nSPS) is 17.3. The summed E-state index contributed by atoms with van der Waals surface area (Å²) in [4.78, 5) is 24.1. The van der Waals surface area contributed by atoms with Gasteiger partial charge in [0.05, 0.1) is 6.61 Å². The van der Waals surface area contributed by atoms with Crippen LogP contribution in [0, 0.1) is 0 Å². The van der Waals surface area contributed by atoms with Crippen LogP contribution in [-0.4, -0.2) is 18.4 Å². The van der Waals surface area contributed by atoms with Crippen molar-refractivity contribution in [2.24, 2.45) is 0 Å². The third kappa shape index (κ3) is 3.70. The van der Waals surface area contributed by atoms with Gasteiger partial charge in [0.1, 0.15) is 0 Å². The van der Waals surface area contributed by atoms with E-state index in [2.05, 4.69) is 15.9 Å². The molecule has 0 unspecified atom stereocenters. The number of esters is 1.